The fourth-order valence-electron chi connectivity index (χ4n) is 2.86. The van der Waals surface area contributed by atoms with E-state index >= 15 is 0 Å². The van der Waals surface area contributed by atoms with Crippen LogP contribution in [0.3, 0.4) is 0 Å². The monoisotopic (exact) mass is 305 g/mol. The summed E-state index contributed by atoms with van der Waals surface area (Å²) in [5, 5.41) is 2.94. The van der Waals surface area contributed by atoms with E-state index in [1.54, 1.807) is 0 Å². The van der Waals surface area contributed by atoms with Crippen molar-refractivity contribution in [2.45, 2.75) is 33.2 Å². The topological polar surface area (TPSA) is 67.6 Å². The van der Waals surface area contributed by atoms with Crippen LogP contribution >= 0.6 is 0 Å². The SMILES string of the molecule is CCOc1ccccc1NC(=O)CN1CCC(N)C(C)(C)C1. The summed E-state index contributed by atoms with van der Waals surface area (Å²) < 4.78 is 5.53. The number of piperidine rings is 1. The molecule has 0 saturated carbocycles. The van der Waals surface area contributed by atoms with E-state index in [1.165, 1.54) is 0 Å². The first-order chi connectivity index (χ1) is 10.4. The van der Waals surface area contributed by atoms with Gasteiger partial charge in [-0.05, 0) is 30.9 Å². The van der Waals surface area contributed by atoms with E-state index in [0.717, 1.165) is 25.2 Å². The lowest BCUT2D eigenvalue weighted by Gasteiger charge is -2.42. The zero-order chi connectivity index (χ0) is 16.2. The average molecular weight is 305 g/mol. The zero-order valence-corrected chi connectivity index (χ0v) is 13.8. The van der Waals surface area contributed by atoms with Crippen molar-refractivity contribution in [2.24, 2.45) is 11.1 Å². The van der Waals surface area contributed by atoms with Gasteiger partial charge in [0.1, 0.15) is 5.75 Å². The van der Waals surface area contributed by atoms with Gasteiger partial charge in [0.25, 0.3) is 0 Å². The second-order valence-electron chi connectivity index (χ2n) is 6.57. The highest BCUT2D eigenvalue weighted by atomic mass is 16.5. The molecule has 1 unspecified atom stereocenters. The maximum Gasteiger partial charge on any atom is 0.238 e. The van der Waals surface area contributed by atoms with Crippen molar-refractivity contribution in [1.82, 2.24) is 4.90 Å². The Labute approximate surface area is 132 Å². The largest absolute Gasteiger partial charge is 0.492 e. The Morgan fingerprint density at radius 1 is 1.45 bits per heavy atom. The van der Waals surface area contributed by atoms with Gasteiger partial charge in [-0.1, -0.05) is 26.0 Å². The number of likely N-dealkylation sites (tertiary alicyclic amines) is 1. The molecule has 1 aliphatic rings. The number of carbonyl (C=O) groups excluding carboxylic acids is 1. The number of ether oxygens (including phenoxy) is 1. The summed E-state index contributed by atoms with van der Waals surface area (Å²) in [6.07, 6.45) is 0.926. The lowest BCUT2D eigenvalue weighted by molar-refractivity contribution is -0.118. The van der Waals surface area contributed by atoms with E-state index in [0.29, 0.717) is 18.9 Å². The number of hydrogen-bond donors (Lipinski definition) is 2. The molecule has 1 fully saturated rings. The minimum Gasteiger partial charge on any atom is -0.492 e. The lowest BCUT2D eigenvalue weighted by Crippen LogP contribution is -2.53. The summed E-state index contributed by atoms with van der Waals surface area (Å²) in [7, 11) is 0. The van der Waals surface area contributed by atoms with Gasteiger partial charge in [0.15, 0.2) is 0 Å². The Balaban J connectivity index is 1.94. The number of carbonyl (C=O) groups is 1. The van der Waals surface area contributed by atoms with Gasteiger partial charge >= 0.3 is 0 Å². The first-order valence-corrected chi connectivity index (χ1v) is 7.92. The number of rotatable bonds is 5. The molecule has 1 atom stereocenters. The molecule has 1 aromatic carbocycles. The summed E-state index contributed by atoms with van der Waals surface area (Å²) in [5.74, 6) is 0.692. The molecule has 3 N–H and O–H groups in total. The number of nitrogens with one attached hydrogen (secondary N) is 1. The number of anilines is 1. The van der Waals surface area contributed by atoms with Gasteiger partial charge in [-0.2, -0.15) is 0 Å². The summed E-state index contributed by atoms with van der Waals surface area (Å²) in [4.78, 5) is 14.5. The van der Waals surface area contributed by atoms with Crippen LogP contribution in [0.1, 0.15) is 27.2 Å². The summed E-state index contributed by atoms with van der Waals surface area (Å²) in [6.45, 7) is 8.91. The number of hydrogen-bond acceptors (Lipinski definition) is 4. The van der Waals surface area contributed by atoms with Crippen molar-refractivity contribution in [3.05, 3.63) is 24.3 Å². The first-order valence-electron chi connectivity index (χ1n) is 7.92. The fourth-order valence-corrected chi connectivity index (χ4v) is 2.86. The van der Waals surface area contributed by atoms with E-state index in [4.69, 9.17) is 10.5 Å². The molecule has 0 aromatic heterocycles. The van der Waals surface area contributed by atoms with Crippen molar-refractivity contribution in [3.8, 4) is 5.75 Å². The average Bonchev–Trinajstić information content (AvgIpc) is 2.45. The summed E-state index contributed by atoms with van der Waals surface area (Å²) in [5.41, 5.74) is 6.91. The Morgan fingerprint density at radius 3 is 2.86 bits per heavy atom. The van der Waals surface area contributed by atoms with Gasteiger partial charge in [-0.3, -0.25) is 9.69 Å². The lowest BCUT2D eigenvalue weighted by atomic mass is 9.80. The molecular weight excluding hydrogens is 278 g/mol. The molecule has 0 aliphatic carbocycles. The maximum absolute atomic E-state index is 12.3. The fraction of sp³-hybridized carbons (Fsp3) is 0.588. The predicted octanol–water partition coefficient (Wildman–Crippen LogP) is 2.08. The second-order valence-corrected chi connectivity index (χ2v) is 6.57. The smallest absolute Gasteiger partial charge is 0.238 e. The minimum atomic E-state index is -0.0153. The van der Waals surface area contributed by atoms with Crippen molar-refractivity contribution >= 4 is 11.6 Å². The second kappa shape index (κ2) is 7.11. The van der Waals surface area contributed by atoms with Crippen molar-refractivity contribution < 1.29 is 9.53 Å². The molecule has 1 saturated heterocycles. The van der Waals surface area contributed by atoms with E-state index in [9.17, 15) is 4.79 Å². The van der Waals surface area contributed by atoms with Crippen molar-refractivity contribution in [3.63, 3.8) is 0 Å². The van der Waals surface area contributed by atoms with Crippen LogP contribution in [0.15, 0.2) is 24.3 Å². The number of nitrogens with two attached hydrogens (primary N) is 1. The molecule has 5 heteroatoms. The number of benzene rings is 1. The highest BCUT2D eigenvalue weighted by molar-refractivity contribution is 5.93. The van der Waals surface area contributed by atoms with Gasteiger partial charge in [0.05, 0.1) is 18.8 Å². The van der Waals surface area contributed by atoms with Crippen LogP contribution in [0.5, 0.6) is 5.75 Å². The Kier molecular flexibility index (Phi) is 5.42. The highest BCUT2D eigenvalue weighted by Crippen LogP contribution is 2.28. The van der Waals surface area contributed by atoms with Gasteiger partial charge < -0.3 is 15.8 Å². The first kappa shape index (κ1) is 16.8. The highest BCUT2D eigenvalue weighted by Gasteiger charge is 2.33. The molecule has 5 nitrogen and oxygen atoms in total. The normalized spacial score (nSPS) is 21.4. The molecular formula is C17H27N3O2. The van der Waals surface area contributed by atoms with Gasteiger partial charge in [0.2, 0.25) is 5.91 Å². The number of para-hydroxylation sites is 2. The van der Waals surface area contributed by atoms with Gasteiger partial charge in [-0.25, -0.2) is 0 Å². The standard InChI is InChI=1S/C17H27N3O2/c1-4-22-14-8-6-5-7-13(14)19-16(21)11-20-10-9-15(18)17(2,3)12-20/h5-8,15H,4,9-12,18H2,1-3H3,(H,19,21). The van der Waals surface area contributed by atoms with Crippen LogP contribution in [0.2, 0.25) is 0 Å². The Bertz CT molecular complexity index is 516. The molecule has 122 valence electrons. The molecule has 1 aromatic rings. The third-order valence-electron chi connectivity index (χ3n) is 4.22. The molecule has 1 heterocycles. The van der Waals surface area contributed by atoms with Gasteiger partial charge in [0, 0.05) is 19.1 Å². The Hall–Kier alpha value is -1.59. The van der Waals surface area contributed by atoms with E-state index < -0.39 is 0 Å². The van der Waals surface area contributed by atoms with Crippen LogP contribution in [-0.4, -0.2) is 43.1 Å². The van der Waals surface area contributed by atoms with Crippen LogP contribution < -0.4 is 15.8 Å². The third kappa shape index (κ3) is 4.21. The molecule has 2 rings (SSSR count). The molecule has 0 spiro atoms. The number of nitrogens with zero attached hydrogens (tertiary/aromatic N) is 1. The van der Waals surface area contributed by atoms with Crippen LogP contribution in [0.4, 0.5) is 5.69 Å². The molecule has 1 aliphatic heterocycles. The minimum absolute atomic E-state index is 0.0153. The van der Waals surface area contributed by atoms with Crippen molar-refractivity contribution in [1.29, 1.82) is 0 Å². The molecule has 22 heavy (non-hydrogen) atoms. The zero-order valence-electron chi connectivity index (χ0n) is 13.8. The van der Waals surface area contributed by atoms with Crippen LogP contribution in [-0.2, 0) is 4.79 Å². The maximum atomic E-state index is 12.3. The number of amides is 1. The summed E-state index contributed by atoms with van der Waals surface area (Å²) in [6, 6.07) is 7.71. The van der Waals surface area contributed by atoms with E-state index in [2.05, 4.69) is 24.1 Å². The van der Waals surface area contributed by atoms with Gasteiger partial charge in [-0.15, -0.1) is 0 Å². The molecule has 0 bridgehead atoms. The molecule has 1 amide bonds. The Morgan fingerprint density at radius 2 is 2.18 bits per heavy atom. The van der Waals surface area contributed by atoms with Crippen molar-refractivity contribution in [2.75, 3.05) is 31.6 Å². The van der Waals surface area contributed by atoms with E-state index in [-0.39, 0.29) is 17.4 Å². The van der Waals surface area contributed by atoms with Crippen LogP contribution in [0, 0.1) is 5.41 Å². The molecule has 0 radical (unpaired) electrons. The predicted molar refractivity (Wildman–Crippen MR) is 89.1 cm³/mol. The third-order valence-corrected chi connectivity index (χ3v) is 4.22. The van der Waals surface area contributed by atoms with Crippen LogP contribution in [0.25, 0.3) is 0 Å². The summed E-state index contributed by atoms with van der Waals surface area (Å²) >= 11 is 0. The van der Waals surface area contributed by atoms with E-state index in [1.807, 2.05) is 31.2 Å². The quantitative estimate of drug-likeness (QED) is 0.874.